The topological polar surface area (TPSA) is 52.6 Å². The van der Waals surface area contributed by atoms with Gasteiger partial charge in [-0.3, -0.25) is 4.79 Å². The fourth-order valence-electron chi connectivity index (χ4n) is 1.23. The van der Waals surface area contributed by atoms with E-state index < -0.39 is 5.97 Å². The van der Waals surface area contributed by atoms with Crippen LogP contribution in [0.25, 0.3) is 0 Å². The van der Waals surface area contributed by atoms with E-state index in [2.05, 4.69) is 0 Å². The van der Waals surface area contributed by atoms with E-state index in [1.165, 1.54) is 0 Å². The van der Waals surface area contributed by atoms with Gasteiger partial charge in [0, 0.05) is 0 Å². The van der Waals surface area contributed by atoms with Crippen molar-refractivity contribution in [2.75, 3.05) is 0 Å². The number of hydrogen-bond donors (Lipinski definition) is 0. The van der Waals surface area contributed by atoms with E-state index in [4.69, 9.17) is 9.47 Å². The highest BCUT2D eigenvalue weighted by molar-refractivity contribution is 5.83. The van der Waals surface area contributed by atoms with Crippen molar-refractivity contribution >= 4 is 12.3 Å². The Morgan fingerprint density at radius 3 is 2.47 bits per heavy atom. The van der Waals surface area contributed by atoms with Gasteiger partial charge in [0.15, 0.2) is 0 Å². The molecule has 0 bridgehead atoms. The number of ether oxygens (including phenoxy) is 2. The van der Waals surface area contributed by atoms with Crippen LogP contribution in [0.1, 0.15) is 25.8 Å². The molecule has 0 saturated carbocycles. The summed E-state index contributed by atoms with van der Waals surface area (Å²) in [5.41, 5.74) is 0.861. The monoisotopic (exact) mass is 236 g/mol. The summed E-state index contributed by atoms with van der Waals surface area (Å²) >= 11 is 0. The molecule has 92 valence electrons. The first-order valence-electron chi connectivity index (χ1n) is 5.46. The lowest BCUT2D eigenvalue weighted by atomic mass is 10.2. The van der Waals surface area contributed by atoms with Crippen molar-refractivity contribution in [3.05, 3.63) is 29.8 Å². The maximum atomic E-state index is 11.0. The van der Waals surface area contributed by atoms with Crippen molar-refractivity contribution in [3.63, 3.8) is 0 Å². The zero-order chi connectivity index (χ0) is 12.7. The Morgan fingerprint density at radius 1 is 1.29 bits per heavy atom. The van der Waals surface area contributed by atoms with Crippen LogP contribution in [0.3, 0.4) is 0 Å². The molecule has 17 heavy (non-hydrogen) atoms. The van der Waals surface area contributed by atoms with E-state index in [0.717, 1.165) is 11.3 Å². The molecule has 0 N–H and O–H groups in total. The zero-order valence-electron chi connectivity index (χ0n) is 10.0. The summed E-state index contributed by atoms with van der Waals surface area (Å²) in [6.07, 6.45) is 0.461. The number of hydrogen-bond acceptors (Lipinski definition) is 4. The predicted molar refractivity (Wildman–Crippen MR) is 62.7 cm³/mol. The van der Waals surface area contributed by atoms with Gasteiger partial charge >= 0.3 is 5.97 Å². The third-order valence-electron chi connectivity index (χ3n) is 1.94. The number of rotatable bonds is 6. The molecular formula is C13H16O4. The van der Waals surface area contributed by atoms with Gasteiger partial charge in [-0.05, 0) is 31.5 Å². The second-order valence-electron chi connectivity index (χ2n) is 3.84. The van der Waals surface area contributed by atoms with E-state index >= 15 is 0 Å². The summed E-state index contributed by atoms with van der Waals surface area (Å²) in [6, 6.07) is 7.30. The molecule has 0 aliphatic heterocycles. The summed E-state index contributed by atoms with van der Waals surface area (Å²) in [6.45, 7) is 4.08. The Kier molecular flexibility index (Phi) is 5.20. The van der Waals surface area contributed by atoms with Crippen LogP contribution in [0.5, 0.6) is 5.75 Å². The Bertz CT molecular complexity index is 368. The predicted octanol–water partition coefficient (Wildman–Crippen LogP) is 2.11. The second-order valence-corrected chi connectivity index (χ2v) is 3.84. The van der Waals surface area contributed by atoms with Gasteiger partial charge in [0.05, 0.1) is 6.10 Å². The largest absolute Gasteiger partial charge is 0.491 e. The lowest BCUT2D eigenvalue weighted by molar-refractivity contribution is -0.145. The van der Waals surface area contributed by atoms with E-state index in [1.54, 1.807) is 0 Å². The van der Waals surface area contributed by atoms with Gasteiger partial charge < -0.3 is 14.3 Å². The second kappa shape index (κ2) is 6.68. The molecular weight excluding hydrogens is 220 g/mol. The molecule has 0 spiro atoms. The molecule has 0 heterocycles. The van der Waals surface area contributed by atoms with Crippen molar-refractivity contribution in [2.24, 2.45) is 0 Å². The number of carbonyl (C=O) groups is 2. The fraction of sp³-hybridized carbons (Fsp3) is 0.385. The molecule has 0 aliphatic rings. The highest BCUT2D eigenvalue weighted by Gasteiger charge is 2.02. The van der Waals surface area contributed by atoms with Gasteiger partial charge in [-0.2, -0.15) is 0 Å². The van der Waals surface area contributed by atoms with Crippen LogP contribution < -0.4 is 4.74 Å². The van der Waals surface area contributed by atoms with Crippen molar-refractivity contribution < 1.29 is 19.1 Å². The molecule has 0 aliphatic carbocycles. The summed E-state index contributed by atoms with van der Waals surface area (Å²) < 4.78 is 10.4. The smallest absolute Gasteiger partial charge is 0.313 e. The lowest BCUT2D eigenvalue weighted by Crippen LogP contribution is -2.06. The van der Waals surface area contributed by atoms with Gasteiger partial charge in [-0.1, -0.05) is 12.1 Å². The van der Waals surface area contributed by atoms with Crippen LogP contribution in [-0.2, 0) is 20.9 Å². The molecule has 1 aromatic carbocycles. The van der Waals surface area contributed by atoms with Gasteiger partial charge in [0.2, 0.25) is 0 Å². The third-order valence-corrected chi connectivity index (χ3v) is 1.94. The highest BCUT2D eigenvalue weighted by Crippen LogP contribution is 2.14. The third kappa shape index (κ3) is 5.15. The Hall–Kier alpha value is -1.84. The zero-order valence-corrected chi connectivity index (χ0v) is 10.0. The van der Waals surface area contributed by atoms with Gasteiger partial charge in [-0.25, -0.2) is 0 Å². The average Bonchev–Trinajstić information content (AvgIpc) is 2.28. The number of aldehydes is 1. The first-order chi connectivity index (χ1) is 8.11. The molecule has 1 aromatic rings. The molecule has 0 fully saturated rings. The Labute approximate surface area is 101 Å². The summed E-state index contributed by atoms with van der Waals surface area (Å²) in [5, 5.41) is 0. The maximum Gasteiger partial charge on any atom is 0.313 e. The van der Waals surface area contributed by atoms with E-state index in [0.29, 0.717) is 6.29 Å². The van der Waals surface area contributed by atoms with E-state index in [9.17, 15) is 9.59 Å². The normalized spacial score (nSPS) is 10.1. The molecule has 4 heteroatoms. The highest BCUT2D eigenvalue weighted by atomic mass is 16.5. The van der Waals surface area contributed by atoms with Crippen LogP contribution in [0.15, 0.2) is 24.3 Å². The van der Waals surface area contributed by atoms with Gasteiger partial charge in [0.1, 0.15) is 25.1 Å². The molecule has 0 saturated heterocycles. The van der Waals surface area contributed by atoms with Crippen molar-refractivity contribution in [1.29, 1.82) is 0 Å². The molecule has 0 aromatic heterocycles. The van der Waals surface area contributed by atoms with Crippen molar-refractivity contribution in [3.8, 4) is 5.75 Å². The summed E-state index contributed by atoms with van der Waals surface area (Å²) in [5.74, 6) is 0.269. The average molecular weight is 236 g/mol. The standard InChI is InChI=1S/C13H16O4/c1-10(2)17-12-5-3-11(4-6-12)9-16-13(15)7-8-14/h3-6,8,10H,7,9H2,1-2H3. The maximum absolute atomic E-state index is 11.0. The van der Waals surface area contributed by atoms with Crippen LogP contribution >= 0.6 is 0 Å². The van der Waals surface area contributed by atoms with Crippen LogP contribution in [-0.4, -0.2) is 18.4 Å². The van der Waals surface area contributed by atoms with Crippen molar-refractivity contribution in [1.82, 2.24) is 0 Å². The van der Waals surface area contributed by atoms with Crippen LogP contribution in [0.2, 0.25) is 0 Å². The minimum atomic E-state index is -0.512. The molecule has 0 amide bonds. The molecule has 4 nitrogen and oxygen atoms in total. The fourth-order valence-corrected chi connectivity index (χ4v) is 1.23. The number of esters is 1. The van der Waals surface area contributed by atoms with Crippen molar-refractivity contribution in [2.45, 2.75) is 33.0 Å². The molecule has 1 rings (SSSR count). The molecule has 0 unspecified atom stereocenters. The lowest BCUT2D eigenvalue weighted by Gasteiger charge is -2.10. The molecule has 0 atom stereocenters. The SMILES string of the molecule is CC(C)Oc1ccc(COC(=O)CC=O)cc1. The summed E-state index contributed by atoms with van der Waals surface area (Å²) in [7, 11) is 0. The van der Waals surface area contributed by atoms with E-state index in [1.807, 2.05) is 38.1 Å². The number of benzene rings is 1. The van der Waals surface area contributed by atoms with Crippen LogP contribution in [0, 0.1) is 0 Å². The summed E-state index contributed by atoms with van der Waals surface area (Å²) in [4.78, 5) is 21.0. The minimum Gasteiger partial charge on any atom is -0.491 e. The Morgan fingerprint density at radius 2 is 1.94 bits per heavy atom. The van der Waals surface area contributed by atoms with Gasteiger partial charge in [-0.15, -0.1) is 0 Å². The van der Waals surface area contributed by atoms with Crippen LogP contribution in [0.4, 0.5) is 0 Å². The number of carbonyl (C=O) groups excluding carboxylic acids is 2. The first kappa shape index (κ1) is 13.2. The Balaban J connectivity index is 2.45. The van der Waals surface area contributed by atoms with E-state index in [-0.39, 0.29) is 19.1 Å². The molecule has 0 radical (unpaired) electrons. The minimum absolute atomic E-state index is 0.131. The van der Waals surface area contributed by atoms with Gasteiger partial charge in [0.25, 0.3) is 0 Å². The quantitative estimate of drug-likeness (QED) is 0.431. The first-order valence-corrected chi connectivity index (χ1v) is 5.46.